The molecule has 0 aliphatic heterocycles. The molecule has 4 rings (SSSR count). The van der Waals surface area contributed by atoms with E-state index in [0.717, 1.165) is 23.5 Å². The van der Waals surface area contributed by atoms with Gasteiger partial charge in [0.25, 0.3) is 0 Å². The highest BCUT2D eigenvalue weighted by atomic mass is 16.5. The summed E-state index contributed by atoms with van der Waals surface area (Å²) in [6.07, 6.45) is 12.1. The van der Waals surface area contributed by atoms with Crippen LogP contribution in [-0.2, 0) is 6.42 Å². The molecule has 0 amide bonds. The number of hydrogen-bond acceptors (Lipinski definition) is 1. The van der Waals surface area contributed by atoms with E-state index in [4.69, 9.17) is 4.74 Å². The van der Waals surface area contributed by atoms with E-state index in [-0.39, 0.29) is 0 Å². The Kier molecular flexibility index (Phi) is 3.63. The first kappa shape index (κ1) is 15.1. The summed E-state index contributed by atoms with van der Waals surface area (Å²) in [4.78, 5) is 0. The quantitative estimate of drug-likeness (QED) is 0.704. The largest absolute Gasteiger partial charge is 0.496 e. The molecule has 2 saturated carbocycles. The van der Waals surface area contributed by atoms with Gasteiger partial charge in [-0.05, 0) is 85.0 Å². The van der Waals surface area contributed by atoms with Crippen molar-refractivity contribution in [2.45, 2.75) is 51.4 Å². The summed E-state index contributed by atoms with van der Waals surface area (Å²) in [6, 6.07) is 7.72. The van der Waals surface area contributed by atoms with Crippen molar-refractivity contribution in [1.29, 1.82) is 0 Å². The number of allylic oxidation sites excluding steroid dienone is 3. The van der Waals surface area contributed by atoms with Gasteiger partial charge in [-0.25, -0.2) is 0 Å². The Bertz CT molecular complexity index is 656. The normalized spacial score (nSPS) is 37.0. The Morgan fingerprint density at radius 2 is 2.17 bits per heavy atom. The lowest BCUT2D eigenvalue weighted by Crippen LogP contribution is -2.40. The maximum Gasteiger partial charge on any atom is 0.127 e. The molecule has 0 N–H and O–H groups in total. The smallest absolute Gasteiger partial charge is 0.127 e. The van der Waals surface area contributed by atoms with E-state index in [2.05, 4.69) is 37.8 Å². The Balaban J connectivity index is 1.70. The first-order chi connectivity index (χ1) is 11.2. The fraction of sp³-hybridized carbons (Fsp3) is 0.545. The van der Waals surface area contributed by atoms with Crippen molar-refractivity contribution < 1.29 is 4.74 Å². The standard InChI is InChI=1S/C22H27O/c1-4-5-16-8-11-21-19-10-7-15-6-9-17(23-3)14-20(15)18(19)12-13-22(16,21)2/h4-6,14,18-19,21H,1,7-8,10-13H2,2-3H3/b16-5-/t18-,19+,21-,22+/m0/s1. The number of rotatable bonds is 2. The molecule has 0 heterocycles. The van der Waals surface area contributed by atoms with Crippen LogP contribution in [0.25, 0.3) is 0 Å². The van der Waals surface area contributed by atoms with Crippen molar-refractivity contribution in [3.05, 3.63) is 53.6 Å². The topological polar surface area (TPSA) is 9.23 Å². The van der Waals surface area contributed by atoms with E-state index in [9.17, 15) is 0 Å². The molecule has 23 heavy (non-hydrogen) atoms. The van der Waals surface area contributed by atoms with Gasteiger partial charge in [0.1, 0.15) is 5.75 Å². The molecular weight excluding hydrogens is 280 g/mol. The van der Waals surface area contributed by atoms with E-state index in [1.54, 1.807) is 18.2 Å². The molecule has 1 aromatic carbocycles. The average Bonchev–Trinajstić information content (AvgIpc) is 2.91. The van der Waals surface area contributed by atoms with Crippen LogP contribution in [0.3, 0.4) is 0 Å². The second kappa shape index (κ2) is 5.54. The average molecular weight is 307 g/mol. The van der Waals surface area contributed by atoms with Crippen LogP contribution >= 0.6 is 0 Å². The number of aryl methyl sites for hydroxylation is 1. The van der Waals surface area contributed by atoms with Crippen LogP contribution in [0.2, 0.25) is 0 Å². The van der Waals surface area contributed by atoms with Crippen molar-refractivity contribution in [2.75, 3.05) is 7.11 Å². The van der Waals surface area contributed by atoms with Gasteiger partial charge in [-0.1, -0.05) is 31.2 Å². The molecule has 1 nitrogen and oxygen atoms in total. The maximum absolute atomic E-state index is 5.44. The SMILES string of the molecule is C=C/C=C1/CC[C@H]2[C@@H]3CCc4c[c]c(OC)cc4[C@H]3CC[C@]12C. The lowest BCUT2D eigenvalue weighted by Gasteiger charge is -2.49. The molecule has 0 unspecified atom stereocenters. The van der Waals surface area contributed by atoms with Gasteiger partial charge < -0.3 is 4.74 Å². The Morgan fingerprint density at radius 1 is 1.30 bits per heavy atom. The minimum absolute atomic E-state index is 0.415. The number of fused-ring (bicyclic) bond motifs is 5. The van der Waals surface area contributed by atoms with Crippen molar-refractivity contribution >= 4 is 0 Å². The van der Waals surface area contributed by atoms with E-state index < -0.39 is 0 Å². The lowest BCUT2D eigenvalue weighted by molar-refractivity contribution is 0.0813. The summed E-state index contributed by atoms with van der Waals surface area (Å²) in [7, 11) is 1.75. The molecule has 0 bridgehead atoms. The second-order valence-electron chi connectivity index (χ2n) is 7.82. The third-order valence-corrected chi connectivity index (χ3v) is 7.02. The van der Waals surface area contributed by atoms with Crippen molar-refractivity contribution in [1.82, 2.24) is 0 Å². The van der Waals surface area contributed by atoms with Gasteiger partial charge in [0.2, 0.25) is 0 Å². The Labute approximate surface area is 140 Å². The fourth-order valence-electron chi connectivity index (χ4n) is 5.86. The molecule has 3 aliphatic carbocycles. The molecule has 0 saturated heterocycles. The van der Waals surface area contributed by atoms with Crippen molar-refractivity contribution in [3.8, 4) is 5.75 Å². The predicted molar refractivity (Wildman–Crippen MR) is 94.7 cm³/mol. The number of methoxy groups -OCH3 is 1. The zero-order valence-electron chi connectivity index (χ0n) is 14.4. The highest BCUT2D eigenvalue weighted by molar-refractivity contribution is 5.41. The summed E-state index contributed by atoms with van der Waals surface area (Å²) < 4.78 is 5.44. The highest BCUT2D eigenvalue weighted by Gasteiger charge is 2.52. The Morgan fingerprint density at radius 3 is 2.96 bits per heavy atom. The van der Waals surface area contributed by atoms with Gasteiger partial charge in [0.15, 0.2) is 0 Å². The minimum atomic E-state index is 0.415. The zero-order chi connectivity index (χ0) is 16.0. The van der Waals surface area contributed by atoms with Gasteiger partial charge >= 0.3 is 0 Å². The van der Waals surface area contributed by atoms with Crippen LogP contribution in [-0.4, -0.2) is 7.11 Å². The second-order valence-corrected chi connectivity index (χ2v) is 7.82. The van der Waals surface area contributed by atoms with E-state index >= 15 is 0 Å². The summed E-state index contributed by atoms with van der Waals surface area (Å²) >= 11 is 0. The molecule has 1 heteroatoms. The number of hydrogen-bond donors (Lipinski definition) is 0. The molecule has 3 aliphatic rings. The lowest BCUT2D eigenvalue weighted by atomic mass is 9.55. The van der Waals surface area contributed by atoms with Gasteiger partial charge in [0, 0.05) is 6.07 Å². The van der Waals surface area contributed by atoms with E-state index in [1.165, 1.54) is 44.1 Å². The molecule has 0 spiro atoms. The van der Waals surface area contributed by atoms with Gasteiger partial charge in [-0.15, -0.1) is 0 Å². The predicted octanol–water partition coefficient (Wildman–Crippen LogP) is 5.46. The third-order valence-electron chi connectivity index (χ3n) is 7.02. The summed E-state index contributed by atoms with van der Waals surface area (Å²) in [5.74, 6) is 3.31. The molecule has 2 fully saturated rings. The molecule has 0 aromatic heterocycles. The minimum Gasteiger partial charge on any atom is -0.496 e. The highest BCUT2D eigenvalue weighted by Crippen LogP contribution is 2.62. The van der Waals surface area contributed by atoms with Crippen LogP contribution in [0.5, 0.6) is 5.75 Å². The molecule has 1 aromatic rings. The maximum atomic E-state index is 5.44. The van der Waals surface area contributed by atoms with Crippen molar-refractivity contribution in [3.63, 3.8) is 0 Å². The van der Waals surface area contributed by atoms with Gasteiger partial charge in [-0.3, -0.25) is 0 Å². The van der Waals surface area contributed by atoms with Crippen LogP contribution in [0.1, 0.15) is 56.1 Å². The Hall–Kier alpha value is -1.50. The van der Waals surface area contributed by atoms with Crippen LogP contribution in [0, 0.1) is 23.3 Å². The van der Waals surface area contributed by atoms with Crippen LogP contribution < -0.4 is 4.74 Å². The zero-order valence-corrected chi connectivity index (χ0v) is 14.4. The molecular formula is C22H27O. The molecule has 4 atom stereocenters. The van der Waals surface area contributed by atoms with Crippen LogP contribution in [0.4, 0.5) is 0 Å². The first-order valence-corrected chi connectivity index (χ1v) is 9.08. The summed E-state index contributed by atoms with van der Waals surface area (Å²) in [6.45, 7) is 6.45. The van der Waals surface area contributed by atoms with Crippen molar-refractivity contribution in [2.24, 2.45) is 17.3 Å². The summed E-state index contributed by atoms with van der Waals surface area (Å²) in [5, 5.41) is 0. The number of ether oxygens (including phenoxy) is 1. The summed E-state index contributed by atoms with van der Waals surface area (Å²) in [5.41, 5.74) is 5.13. The fourth-order valence-corrected chi connectivity index (χ4v) is 5.86. The van der Waals surface area contributed by atoms with E-state index in [0.29, 0.717) is 5.41 Å². The van der Waals surface area contributed by atoms with Gasteiger partial charge in [0.05, 0.1) is 7.11 Å². The molecule has 121 valence electrons. The number of benzene rings is 1. The van der Waals surface area contributed by atoms with Crippen LogP contribution in [0.15, 0.2) is 36.4 Å². The third kappa shape index (κ3) is 2.20. The van der Waals surface area contributed by atoms with E-state index in [1.807, 2.05) is 6.08 Å². The van der Waals surface area contributed by atoms with Gasteiger partial charge in [-0.2, -0.15) is 0 Å². The first-order valence-electron chi connectivity index (χ1n) is 9.08. The monoisotopic (exact) mass is 307 g/mol. The molecule has 1 radical (unpaired) electrons.